The molecule has 2 amide bonds. The highest BCUT2D eigenvalue weighted by atomic mass is 19.1. The lowest BCUT2D eigenvalue weighted by molar-refractivity contribution is -0.120. The second kappa shape index (κ2) is 22.0. The van der Waals surface area contributed by atoms with Crippen LogP contribution in [0.4, 0.5) is 17.6 Å². The van der Waals surface area contributed by atoms with Gasteiger partial charge in [0.05, 0.1) is 12.1 Å². The number of nitrogens with two attached hydrogens (primary N) is 2. The van der Waals surface area contributed by atoms with Crippen LogP contribution in [0.5, 0.6) is 11.5 Å². The molecule has 60 heavy (non-hydrogen) atoms. The smallest absolute Gasteiger partial charge is 0.234 e. The molecular formula is C48H48F4N4O4. The molecule has 12 heteroatoms. The van der Waals surface area contributed by atoms with Crippen LogP contribution in [-0.2, 0) is 48.7 Å². The average molecular weight is 821 g/mol. The van der Waals surface area contributed by atoms with Crippen molar-refractivity contribution in [2.24, 2.45) is 11.5 Å². The Morgan fingerprint density at radius 2 is 0.967 bits per heavy atom. The van der Waals surface area contributed by atoms with Crippen molar-refractivity contribution in [3.05, 3.63) is 201 Å². The number of primary amides is 2. The summed E-state index contributed by atoms with van der Waals surface area (Å²) in [5.74, 6) is -0.943. The highest BCUT2D eigenvalue weighted by Gasteiger charge is 2.14. The molecule has 312 valence electrons. The molecule has 0 spiro atoms. The van der Waals surface area contributed by atoms with Crippen LogP contribution in [0.3, 0.4) is 0 Å². The topological polar surface area (TPSA) is 129 Å². The van der Waals surface area contributed by atoms with Gasteiger partial charge in [-0.2, -0.15) is 0 Å². The summed E-state index contributed by atoms with van der Waals surface area (Å²) in [6.07, 6.45) is 0.786. The van der Waals surface area contributed by atoms with Crippen LogP contribution in [0, 0.1) is 23.3 Å². The third-order valence-electron chi connectivity index (χ3n) is 9.57. The van der Waals surface area contributed by atoms with Crippen molar-refractivity contribution in [2.45, 2.75) is 65.1 Å². The van der Waals surface area contributed by atoms with Gasteiger partial charge in [0.2, 0.25) is 11.8 Å². The second-order valence-electron chi connectivity index (χ2n) is 14.3. The van der Waals surface area contributed by atoms with Crippen LogP contribution in [-0.4, -0.2) is 23.9 Å². The molecule has 0 aliphatic heterocycles. The summed E-state index contributed by atoms with van der Waals surface area (Å²) in [5.41, 5.74) is 16.5. The summed E-state index contributed by atoms with van der Waals surface area (Å²) in [6, 6.07) is 35.8. The lowest BCUT2D eigenvalue weighted by Gasteiger charge is -2.16. The van der Waals surface area contributed by atoms with Crippen molar-refractivity contribution in [3.63, 3.8) is 0 Å². The first-order valence-electron chi connectivity index (χ1n) is 19.3. The van der Waals surface area contributed by atoms with E-state index < -0.39 is 23.9 Å². The van der Waals surface area contributed by atoms with Gasteiger partial charge in [0, 0.05) is 31.5 Å². The van der Waals surface area contributed by atoms with Crippen LogP contribution in [0.2, 0.25) is 0 Å². The van der Waals surface area contributed by atoms with E-state index >= 15 is 0 Å². The molecule has 0 saturated heterocycles. The molecule has 6 aromatic carbocycles. The van der Waals surface area contributed by atoms with Gasteiger partial charge in [-0.05, 0) is 101 Å². The van der Waals surface area contributed by atoms with Crippen LogP contribution in [0.1, 0.15) is 58.4 Å². The largest absolute Gasteiger partial charge is 0.489 e. The summed E-state index contributed by atoms with van der Waals surface area (Å²) >= 11 is 0. The maximum Gasteiger partial charge on any atom is 0.234 e. The molecule has 0 aliphatic rings. The minimum Gasteiger partial charge on any atom is -0.489 e. The van der Waals surface area contributed by atoms with Crippen molar-refractivity contribution in [1.82, 2.24) is 10.6 Å². The highest BCUT2D eigenvalue weighted by Crippen LogP contribution is 2.27. The van der Waals surface area contributed by atoms with Gasteiger partial charge in [0.15, 0.2) is 0 Å². The Labute approximate surface area is 347 Å². The Hall–Kier alpha value is -6.50. The maximum absolute atomic E-state index is 14.2. The fourth-order valence-electron chi connectivity index (χ4n) is 6.06. The third-order valence-corrected chi connectivity index (χ3v) is 9.57. The predicted molar refractivity (Wildman–Crippen MR) is 224 cm³/mol. The van der Waals surface area contributed by atoms with Crippen LogP contribution >= 0.6 is 0 Å². The molecule has 6 N–H and O–H groups in total. The number of benzene rings is 6. The van der Waals surface area contributed by atoms with E-state index in [1.807, 2.05) is 36.4 Å². The van der Waals surface area contributed by atoms with E-state index in [-0.39, 0.29) is 36.5 Å². The maximum atomic E-state index is 14.2. The van der Waals surface area contributed by atoms with E-state index in [0.717, 1.165) is 27.8 Å². The summed E-state index contributed by atoms with van der Waals surface area (Å²) in [7, 11) is 0. The van der Waals surface area contributed by atoms with E-state index in [2.05, 4.69) is 10.6 Å². The lowest BCUT2D eigenvalue weighted by atomic mass is 10.0. The number of halogens is 4. The van der Waals surface area contributed by atoms with Gasteiger partial charge in [-0.25, -0.2) is 17.6 Å². The van der Waals surface area contributed by atoms with Crippen molar-refractivity contribution in [2.75, 3.05) is 0 Å². The van der Waals surface area contributed by atoms with Gasteiger partial charge in [-0.15, -0.1) is 0 Å². The van der Waals surface area contributed by atoms with Crippen molar-refractivity contribution in [1.29, 1.82) is 0 Å². The number of rotatable bonds is 18. The SMILES string of the molecule is C[C@H](NCc1ccc(OCc2cccc(F)c2)c(Cc2cccc(F)c2)c1)C(N)=O.C[C@H](NCc1ccc(OCc2ccccc2F)c(Cc2ccccc2F)c1)C(N)=O. The van der Waals surface area contributed by atoms with Crippen molar-refractivity contribution >= 4 is 11.8 Å². The normalized spacial score (nSPS) is 11.8. The van der Waals surface area contributed by atoms with E-state index in [4.69, 9.17) is 20.9 Å². The standard InChI is InChI=1S/2C24H24F2N2O2/c1-16(24(27)29)28-14-18-8-9-23(30-15-19-5-3-7-22(26)13-19)20(11-18)10-17-4-2-6-21(25)12-17;1-16(24(27)29)28-14-17-10-11-23(30-15-19-7-3-5-9-22(19)26)20(12-17)13-18-6-2-4-8-21(18)25/h2-9,11-13,16,28H,10,14-15H2,1H3,(H2,27,29);2-12,16,28H,13-15H2,1H3,(H2,27,29)/t2*16-/m00/s1. The van der Waals surface area contributed by atoms with Gasteiger partial charge >= 0.3 is 0 Å². The molecular weight excluding hydrogens is 773 g/mol. The zero-order chi connectivity index (χ0) is 43.0. The second-order valence-corrected chi connectivity index (χ2v) is 14.3. The fourth-order valence-corrected chi connectivity index (χ4v) is 6.06. The van der Waals surface area contributed by atoms with Crippen LogP contribution in [0.25, 0.3) is 0 Å². The first-order valence-corrected chi connectivity index (χ1v) is 19.3. The highest BCUT2D eigenvalue weighted by molar-refractivity contribution is 5.79. The summed E-state index contributed by atoms with van der Waals surface area (Å²) < 4.78 is 67.0. The van der Waals surface area contributed by atoms with Gasteiger partial charge < -0.3 is 31.6 Å². The monoisotopic (exact) mass is 820 g/mol. The molecule has 8 nitrogen and oxygen atoms in total. The molecule has 0 aliphatic carbocycles. The number of carbonyl (C=O) groups is 2. The number of amides is 2. The molecule has 0 bridgehead atoms. The summed E-state index contributed by atoms with van der Waals surface area (Å²) in [5, 5.41) is 6.11. The number of carbonyl (C=O) groups excluding carboxylic acids is 2. The van der Waals surface area contributed by atoms with E-state index in [1.54, 1.807) is 74.5 Å². The molecule has 0 saturated carbocycles. The number of ether oxygens (including phenoxy) is 2. The minimum absolute atomic E-state index is 0.0627. The Morgan fingerprint density at radius 1 is 0.500 bits per heavy atom. The van der Waals surface area contributed by atoms with E-state index in [0.29, 0.717) is 54.1 Å². The molecule has 0 fully saturated rings. The number of hydrogen-bond donors (Lipinski definition) is 4. The van der Waals surface area contributed by atoms with Gasteiger partial charge in [0.25, 0.3) is 0 Å². The quantitative estimate of drug-likeness (QED) is 0.0648. The van der Waals surface area contributed by atoms with E-state index in [1.165, 1.54) is 36.4 Å². The Balaban J connectivity index is 0.000000228. The first-order chi connectivity index (χ1) is 28.8. The molecule has 0 radical (unpaired) electrons. The average Bonchev–Trinajstić information content (AvgIpc) is 3.22. The Morgan fingerprint density at radius 3 is 1.48 bits per heavy atom. The molecule has 0 aromatic heterocycles. The zero-order valence-electron chi connectivity index (χ0n) is 33.4. The van der Waals surface area contributed by atoms with E-state index in [9.17, 15) is 27.2 Å². The van der Waals surface area contributed by atoms with Gasteiger partial charge in [-0.3, -0.25) is 9.59 Å². The van der Waals surface area contributed by atoms with Crippen molar-refractivity contribution < 1.29 is 36.6 Å². The molecule has 0 heterocycles. The fraction of sp³-hybridized carbons (Fsp3) is 0.208. The van der Waals surface area contributed by atoms with Gasteiger partial charge in [-0.1, -0.05) is 84.9 Å². The third kappa shape index (κ3) is 13.8. The number of nitrogens with one attached hydrogen (secondary N) is 2. The molecule has 2 atom stereocenters. The lowest BCUT2D eigenvalue weighted by Crippen LogP contribution is -2.38. The van der Waals surface area contributed by atoms with Crippen LogP contribution < -0.4 is 31.6 Å². The van der Waals surface area contributed by atoms with Crippen LogP contribution in [0.15, 0.2) is 133 Å². The Kier molecular flexibility index (Phi) is 16.4. The molecule has 6 rings (SSSR count). The molecule has 0 unspecified atom stereocenters. The predicted octanol–water partition coefficient (Wildman–Crippen LogP) is 8.20. The zero-order valence-corrected chi connectivity index (χ0v) is 33.4. The minimum atomic E-state index is -0.475. The van der Waals surface area contributed by atoms with Gasteiger partial charge in [0.1, 0.15) is 48.0 Å². The molecule has 6 aromatic rings. The summed E-state index contributed by atoms with van der Waals surface area (Å²) in [6.45, 7) is 4.53. The Bertz CT molecular complexity index is 2380. The number of hydrogen-bond acceptors (Lipinski definition) is 6. The van der Waals surface area contributed by atoms with Crippen molar-refractivity contribution in [3.8, 4) is 11.5 Å². The summed E-state index contributed by atoms with van der Waals surface area (Å²) in [4.78, 5) is 22.5. The first kappa shape index (κ1) is 44.6.